The maximum atomic E-state index is 9.58. The predicted molar refractivity (Wildman–Crippen MR) is 38.1 cm³/mol. The van der Waals surface area contributed by atoms with E-state index in [2.05, 4.69) is 0 Å². The first-order chi connectivity index (χ1) is 5.12. The van der Waals surface area contributed by atoms with Crippen molar-refractivity contribution < 1.29 is 20.1 Å². The number of ether oxygens (including phenoxy) is 1. The fraction of sp³-hybridized carbons (Fsp3) is 1.00. The Hall–Kier alpha value is -0.160. The fourth-order valence-electron chi connectivity index (χ4n) is 1.32. The lowest BCUT2D eigenvalue weighted by Crippen LogP contribution is -2.39. The minimum Gasteiger partial charge on any atom is -0.394 e. The van der Waals surface area contributed by atoms with Gasteiger partial charge in [-0.15, -0.1) is 0 Å². The number of aliphatic hydroxyl groups excluding tert-OH is 2. The van der Waals surface area contributed by atoms with Crippen molar-refractivity contribution >= 4 is 0 Å². The van der Waals surface area contributed by atoms with E-state index in [1.54, 1.807) is 6.92 Å². The normalized spacial score (nSPS) is 44.7. The van der Waals surface area contributed by atoms with E-state index in [9.17, 15) is 5.11 Å². The third kappa shape index (κ3) is 1.54. The van der Waals surface area contributed by atoms with Crippen LogP contribution in [0.3, 0.4) is 0 Å². The Bertz CT molecular complexity index is 138. The van der Waals surface area contributed by atoms with Gasteiger partial charge in [0.15, 0.2) is 0 Å². The zero-order valence-electron chi connectivity index (χ0n) is 6.53. The molecule has 1 aliphatic rings. The summed E-state index contributed by atoms with van der Waals surface area (Å²) in [4.78, 5) is 0. The van der Waals surface area contributed by atoms with Crippen LogP contribution in [0, 0.1) is 0 Å². The predicted octanol–water partition coefficient (Wildman–Crippen LogP) is -1.12. The van der Waals surface area contributed by atoms with Crippen LogP contribution in [-0.2, 0) is 4.74 Å². The van der Waals surface area contributed by atoms with Crippen LogP contribution in [0.4, 0.5) is 0 Å². The highest BCUT2D eigenvalue weighted by atomic mass is 16.5. The molecule has 3 unspecified atom stereocenters. The summed E-state index contributed by atoms with van der Waals surface area (Å²) in [6, 6.07) is 0. The largest absolute Gasteiger partial charge is 0.394 e. The monoisotopic (exact) mass is 162 g/mol. The number of aliphatic hydroxyl groups is 3. The second-order valence-electron chi connectivity index (χ2n) is 3.05. The second-order valence-corrected chi connectivity index (χ2v) is 3.05. The minimum absolute atomic E-state index is 0.105. The number of hydrogen-bond acceptors (Lipinski definition) is 4. The zero-order chi connectivity index (χ0) is 8.48. The van der Waals surface area contributed by atoms with Gasteiger partial charge in [-0.3, -0.25) is 0 Å². The molecule has 4 nitrogen and oxygen atoms in total. The van der Waals surface area contributed by atoms with Gasteiger partial charge in [-0.1, -0.05) is 0 Å². The van der Waals surface area contributed by atoms with Crippen LogP contribution in [0.15, 0.2) is 0 Å². The quantitative estimate of drug-likeness (QED) is 0.481. The first kappa shape index (κ1) is 8.93. The molecule has 0 aromatic heterocycles. The fourth-order valence-corrected chi connectivity index (χ4v) is 1.32. The van der Waals surface area contributed by atoms with E-state index in [0.29, 0.717) is 6.42 Å². The Morgan fingerprint density at radius 2 is 2.18 bits per heavy atom. The van der Waals surface area contributed by atoms with E-state index in [4.69, 9.17) is 14.9 Å². The van der Waals surface area contributed by atoms with Gasteiger partial charge < -0.3 is 20.1 Å². The van der Waals surface area contributed by atoms with Gasteiger partial charge in [0.2, 0.25) is 0 Å². The molecule has 0 amide bonds. The molecule has 0 aromatic carbocycles. The van der Waals surface area contributed by atoms with Crippen molar-refractivity contribution in [3.05, 3.63) is 0 Å². The van der Waals surface area contributed by atoms with Crippen molar-refractivity contribution in [2.75, 3.05) is 13.2 Å². The lowest BCUT2D eigenvalue weighted by Gasteiger charge is -2.22. The van der Waals surface area contributed by atoms with E-state index >= 15 is 0 Å². The molecule has 0 bridgehead atoms. The summed E-state index contributed by atoms with van der Waals surface area (Å²) in [5.41, 5.74) is -1.16. The first-order valence-electron chi connectivity index (χ1n) is 3.72. The number of hydrogen-bond donors (Lipinski definition) is 3. The zero-order valence-corrected chi connectivity index (χ0v) is 6.53. The Kier molecular flexibility index (Phi) is 2.49. The topological polar surface area (TPSA) is 69.9 Å². The van der Waals surface area contributed by atoms with Crippen LogP contribution >= 0.6 is 0 Å². The smallest absolute Gasteiger partial charge is 0.116 e. The molecule has 0 saturated carbocycles. The highest BCUT2D eigenvalue weighted by Gasteiger charge is 2.43. The average Bonchev–Trinajstić information content (AvgIpc) is 2.29. The first-order valence-corrected chi connectivity index (χ1v) is 3.72. The third-order valence-corrected chi connectivity index (χ3v) is 2.21. The van der Waals surface area contributed by atoms with Gasteiger partial charge >= 0.3 is 0 Å². The standard InChI is InChI=1S/C7H14O4/c1-5-7(10,4-9)2-6(3-8)11-5/h5-6,8-10H,2-4H2,1H3. The SMILES string of the molecule is CC1OC(CO)CC1(O)CO. The summed E-state index contributed by atoms with van der Waals surface area (Å²) in [6.07, 6.45) is -0.423. The molecule has 4 heteroatoms. The second kappa shape index (κ2) is 3.06. The Labute approximate surface area is 65.4 Å². The Morgan fingerprint density at radius 3 is 2.45 bits per heavy atom. The van der Waals surface area contributed by atoms with Gasteiger partial charge in [0, 0.05) is 6.42 Å². The van der Waals surface area contributed by atoms with Gasteiger partial charge in [0.1, 0.15) is 5.60 Å². The summed E-state index contributed by atoms with van der Waals surface area (Å²) in [6.45, 7) is 1.27. The highest BCUT2D eigenvalue weighted by molar-refractivity contribution is 4.93. The molecule has 0 radical (unpaired) electrons. The van der Waals surface area contributed by atoms with E-state index < -0.39 is 11.7 Å². The van der Waals surface area contributed by atoms with Crippen molar-refractivity contribution in [1.82, 2.24) is 0 Å². The van der Waals surface area contributed by atoms with E-state index in [0.717, 1.165) is 0 Å². The van der Waals surface area contributed by atoms with Crippen LogP contribution in [0.5, 0.6) is 0 Å². The van der Waals surface area contributed by atoms with Gasteiger partial charge in [-0.05, 0) is 6.92 Å². The van der Waals surface area contributed by atoms with Crippen molar-refractivity contribution in [2.45, 2.75) is 31.2 Å². The molecule has 0 aliphatic carbocycles. The highest BCUT2D eigenvalue weighted by Crippen LogP contribution is 2.29. The lowest BCUT2D eigenvalue weighted by atomic mass is 9.96. The summed E-state index contributed by atoms with van der Waals surface area (Å²) in [5.74, 6) is 0. The summed E-state index contributed by atoms with van der Waals surface area (Å²) >= 11 is 0. The molecule has 0 aromatic rings. The molecule has 11 heavy (non-hydrogen) atoms. The van der Waals surface area contributed by atoms with Crippen LogP contribution in [-0.4, -0.2) is 46.3 Å². The van der Waals surface area contributed by atoms with Crippen molar-refractivity contribution in [1.29, 1.82) is 0 Å². The molecule has 66 valence electrons. The third-order valence-electron chi connectivity index (χ3n) is 2.21. The molecule has 1 heterocycles. The van der Waals surface area contributed by atoms with E-state index in [1.807, 2.05) is 0 Å². The summed E-state index contributed by atoms with van der Waals surface area (Å²) < 4.78 is 5.16. The molecule has 1 aliphatic heterocycles. The van der Waals surface area contributed by atoms with Crippen LogP contribution in [0.1, 0.15) is 13.3 Å². The molecule has 3 N–H and O–H groups in total. The van der Waals surface area contributed by atoms with Crippen molar-refractivity contribution in [3.8, 4) is 0 Å². The Balaban J connectivity index is 2.57. The van der Waals surface area contributed by atoms with Gasteiger partial charge in [-0.2, -0.15) is 0 Å². The molecule has 0 spiro atoms. The molecular weight excluding hydrogens is 148 g/mol. The Morgan fingerprint density at radius 1 is 1.55 bits per heavy atom. The summed E-state index contributed by atoms with van der Waals surface area (Å²) in [5, 5.41) is 27.1. The molecule has 3 atom stereocenters. The van der Waals surface area contributed by atoms with Gasteiger partial charge in [-0.25, -0.2) is 0 Å². The van der Waals surface area contributed by atoms with Gasteiger partial charge in [0.05, 0.1) is 25.4 Å². The van der Waals surface area contributed by atoms with Crippen molar-refractivity contribution in [2.24, 2.45) is 0 Å². The van der Waals surface area contributed by atoms with Gasteiger partial charge in [0.25, 0.3) is 0 Å². The maximum absolute atomic E-state index is 9.58. The molecule has 1 rings (SSSR count). The van der Waals surface area contributed by atoms with E-state index in [-0.39, 0.29) is 19.3 Å². The molecule has 1 fully saturated rings. The maximum Gasteiger partial charge on any atom is 0.116 e. The molecular formula is C7H14O4. The number of rotatable bonds is 2. The van der Waals surface area contributed by atoms with Crippen LogP contribution < -0.4 is 0 Å². The van der Waals surface area contributed by atoms with Crippen molar-refractivity contribution in [3.63, 3.8) is 0 Å². The summed E-state index contributed by atoms with van der Waals surface area (Å²) in [7, 11) is 0. The van der Waals surface area contributed by atoms with Crippen LogP contribution in [0.2, 0.25) is 0 Å². The minimum atomic E-state index is -1.16. The van der Waals surface area contributed by atoms with E-state index in [1.165, 1.54) is 0 Å². The average molecular weight is 162 g/mol. The lowest BCUT2D eigenvalue weighted by molar-refractivity contribution is -0.0695. The molecule has 1 saturated heterocycles. The van der Waals surface area contributed by atoms with Crippen LogP contribution in [0.25, 0.3) is 0 Å².